The standard InChI is InChI=1S/C107H143ClN12O20S4/c1-11-12-13-14-15-16-17-21-33-76(144-141-49-46-92(124)119(7)66(4)105(134)139-91-58-93(125)120(8)86-53-70(54-88(136-9)95(86)108)50-64(2)29-28-38-90(137-10)107(135)59-89(138-94(126)60-107)65(3)97-106(91,6)140-97)45-48-111-82(52-68-30-19-18-20-31-68)101(130)116-84-62-142-143-63-85(103(132)114-81(98(110)127)56-74-61-112-79-36-25-24-35-78(74)79)117-104(133)96(67(5)121)118-100(129)80(37-26-27-47-109)113-102(131)83(55-72-42-41-71-32-22-23-34-77(71)72)115-99(128)73(57-87(84)123)51-69-39-43-75(122)44-40-69/h18-20,22-25,28-32,34-36,38-40,42-44,53-54,61,65-67,73,76,80-85,89-91,96-97,111-112,121-122,135H,11-17,21,26-27,33,37,41,45-52,55-60,62-63,109H2,1-10H3,(H2,110,127)(H,113,131)(H,114,132)(H,115,128)(H,116,130)(H,117,133)(H,118,129)/b38-28+,64-29+/t65-,66+,67-,73-,76?,80+,81+,82-,83-,84+,85+,89+,90-,91+,96+,97+,106+,107-/m1/s1. The van der Waals surface area contributed by atoms with Gasteiger partial charge in [0.25, 0.3) is 0 Å². The second kappa shape index (κ2) is 55.5. The Morgan fingerprint density at radius 3 is 2.22 bits per heavy atom. The van der Waals surface area contributed by atoms with Crippen LogP contribution < -0.4 is 58.3 Å². The van der Waals surface area contributed by atoms with Gasteiger partial charge in [-0.1, -0.05) is 235 Å². The number of fused-ring (bicyclic) bond motifs is 7. The Balaban J connectivity index is 0.838. The molecule has 11 rings (SSSR count). The van der Waals surface area contributed by atoms with Crippen molar-refractivity contribution in [3.63, 3.8) is 0 Å². The number of methoxy groups -OCH3 is 2. The van der Waals surface area contributed by atoms with Gasteiger partial charge in [-0.05, 0) is 168 Å². The minimum Gasteiger partial charge on any atom is -0.508 e. The van der Waals surface area contributed by atoms with Crippen LogP contribution in [0.2, 0.25) is 5.02 Å². The van der Waals surface area contributed by atoms with E-state index in [4.69, 9.17) is 46.8 Å². The van der Waals surface area contributed by atoms with E-state index >= 15 is 19.2 Å². The topological polar surface area (TPSA) is 474 Å². The van der Waals surface area contributed by atoms with Crippen LogP contribution in [0.1, 0.15) is 197 Å². The number of phenolic OH excluding ortho intramolecular Hbond substituents is 1. The number of para-hydroxylation sites is 1. The molecule has 3 saturated heterocycles. The monoisotopic (exact) mass is 2080 g/mol. The summed E-state index contributed by atoms with van der Waals surface area (Å²) in [6, 6.07) is 22.9. The number of H-pyrrole nitrogens is 1. The smallest absolute Gasteiger partial charge is 0.328 e. The van der Waals surface area contributed by atoms with E-state index < -0.39 is 180 Å². The Hall–Kier alpha value is -10.3. The number of allylic oxidation sites excluding steroid dienone is 4. The maximum absolute atomic E-state index is 15.9. The third-order valence-corrected chi connectivity index (χ3v) is 33.5. The largest absolute Gasteiger partial charge is 0.508 e. The van der Waals surface area contributed by atoms with Crippen molar-refractivity contribution in [2.45, 2.75) is 291 Å². The molecule has 1 unspecified atom stereocenters. The number of primary amides is 1. The van der Waals surface area contributed by atoms with Crippen molar-refractivity contribution in [2.24, 2.45) is 23.3 Å². The van der Waals surface area contributed by atoms with Gasteiger partial charge in [0.15, 0.2) is 5.78 Å². The molecule has 32 nitrogen and oxygen atoms in total. The van der Waals surface area contributed by atoms with Crippen LogP contribution in [-0.2, 0) is 109 Å². The van der Waals surface area contributed by atoms with Crippen LogP contribution in [0.3, 0.4) is 0 Å². The molecule has 5 heterocycles. The van der Waals surface area contributed by atoms with Crippen molar-refractivity contribution in [3.8, 4) is 11.5 Å². The number of nitrogens with two attached hydrogens (primary N) is 2. The van der Waals surface area contributed by atoms with Crippen molar-refractivity contribution < 1.29 is 96.5 Å². The van der Waals surface area contributed by atoms with Gasteiger partial charge in [0, 0.05) is 105 Å². The number of ether oxygens (including phenoxy) is 5. The summed E-state index contributed by atoms with van der Waals surface area (Å²) in [5.74, 6) is -10.5. The summed E-state index contributed by atoms with van der Waals surface area (Å²) in [7, 11) is 11.2. The van der Waals surface area contributed by atoms with Gasteiger partial charge in [0.1, 0.15) is 82.3 Å². The summed E-state index contributed by atoms with van der Waals surface area (Å²) in [4.78, 5) is 184. The molecule has 1 aromatic heterocycles. The number of aromatic hydroxyl groups is 1. The molecule has 6 aromatic rings. The Bertz CT molecular complexity index is 5500. The number of anilines is 1. The molecule has 18 atom stereocenters. The summed E-state index contributed by atoms with van der Waals surface area (Å²) in [6.45, 7) is 10.9. The quantitative estimate of drug-likeness (QED) is 0.00734. The van der Waals surface area contributed by atoms with Crippen LogP contribution in [0.5, 0.6) is 11.5 Å². The third kappa shape index (κ3) is 32.4. The number of aliphatic hydroxyl groups is 2. The first kappa shape index (κ1) is 114. The number of amides is 9. The normalized spacial score (nSPS) is 24.9. The number of unbranched alkanes of at least 4 members (excludes halogenated alkanes) is 8. The van der Waals surface area contributed by atoms with E-state index in [0.717, 1.165) is 112 Å². The number of aliphatic hydroxyl groups excluding tert-OH is 1. The van der Waals surface area contributed by atoms with E-state index in [2.05, 4.69) is 49.1 Å². The minimum absolute atomic E-state index is 0.00903. The van der Waals surface area contributed by atoms with Gasteiger partial charge in [-0.15, -0.1) is 0 Å². The average Bonchev–Trinajstić information content (AvgIpc) is 1.57. The predicted molar refractivity (Wildman–Crippen MR) is 564 cm³/mol. The first-order valence-corrected chi connectivity index (χ1v) is 55.3. The molecule has 782 valence electrons. The van der Waals surface area contributed by atoms with Crippen LogP contribution in [0.15, 0.2) is 151 Å². The lowest BCUT2D eigenvalue weighted by Crippen LogP contribution is -2.61. The number of aromatic nitrogens is 1. The summed E-state index contributed by atoms with van der Waals surface area (Å²) in [5, 5.41) is 55.7. The number of carbonyl (C=O) groups excluding carboxylic acids is 12. The molecule has 4 aliphatic heterocycles. The first-order chi connectivity index (χ1) is 69.0. The van der Waals surface area contributed by atoms with Crippen LogP contribution in [-0.4, -0.2) is 250 Å². The second-order valence-corrected chi connectivity index (χ2v) is 44.4. The SMILES string of the molecule is CCCCCCCCCCC(CCN[C@H](Cc1ccccc1)C(=O)N[C@H]1CSSC[C@@H](C(=O)N[C@@H](Cc2c[nH]c3ccccc23)C(N)=O)NC(=O)[C@H]([C@@H](C)O)NC(=O)[C@H](CCCCN)NC(=O)[C@@H](CC2=CCc3ccccc32)NC(=O)[C@H](Cc2ccc(O)cc2)CC1=O)SSCCC(=O)N(C)[C@@H](C)C(=O)O[C@H]1CC(=O)N(C)c2cc(cc(OC)c2Cl)C/C(C)=C/C=C/[C@@H](OC)[C@]2(O)CC(=O)O[C@@H](C2)[C@@H](C)[C@@H]2O[C@@]12C. The molecule has 15 N–H and O–H groups in total. The number of benzene rings is 5. The first-order valence-electron chi connectivity index (χ1n) is 50.0. The van der Waals surface area contributed by atoms with E-state index in [9.17, 15) is 53.7 Å². The fourth-order valence-electron chi connectivity index (χ4n) is 18.9. The minimum atomic E-state index is -1.76. The molecule has 3 fully saturated rings. The number of hydrogen-bond acceptors (Lipinski definition) is 26. The number of ketones is 1. The highest BCUT2D eigenvalue weighted by molar-refractivity contribution is 8.77. The van der Waals surface area contributed by atoms with E-state index in [1.807, 2.05) is 97.9 Å². The van der Waals surface area contributed by atoms with Crippen LogP contribution in [0, 0.1) is 11.8 Å². The molecule has 37 heteroatoms. The number of carbonyl (C=O) groups is 12. The van der Waals surface area contributed by atoms with Gasteiger partial charge in [0.2, 0.25) is 53.2 Å². The molecule has 0 radical (unpaired) electrons. The fourth-order valence-corrected chi connectivity index (χ4v) is 24.3. The molecular formula is C107H143ClN12O20S4. The molecule has 9 amide bonds. The Morgan fingerprint density at radius 1 is 0.792 bits per heavy atom. The lowest BCUT2D eigenvalue weighted by atomic mass is 9.78. The number of epoxide rings is 1. The zero-order valence-corrected chi connectivity index (χ0v) is 88.0. The Kier molecular flexibility index (Phi) is 44.0. The predicted octanol–water partition coefficient (Wildman–Crippen LogP) is 11.6. The van der Waals surface area contributed by atoms with Crippen LogP contribution in [0.4, 0.5) is 5.69 Å². The Morgan fingerprint density at radius 2 is 1.49 bits per heavy atom. The van der Waals surface area contributed by atoms with Gasteiger partial charge >= 0.3 is 11.9 Å². The zero-order chi connectivity index (χ0) is 104. The molecule has 4 bridgehead atoms. The number of nitrogens with zero attached hydrogens (tertiary/aromatic N) is 2. The third-order valence-electron chi connectivity index (χ3n) is 27.7. The lowest BCUT2D eigenvalue weighted by Gasteiger charge is -2.41. The fraction of sp³-hybridized carbons (Fsp3) is 0.533. The molecule has 5 aliphatic rings. The number of rotatable bonds is 41. The highest BCUT2D eigenvalue weighted by atomic mass is 35.5. The van der Waals surface area contributed by atoms with Crippen LogP contribution in [0.25, 0.3) is 16.5 Å². The number of aromatic amines is 1. The molecule has 0 saturated carbocycles. The maximum Gasteiger partial charge on any atom is 0.328 e. The Labute approximate surface area is 864 Å². The average molecular weight is 2080 g/mol. The van der Waals surface area contributed by atoms with E-state index in [1.165, 1.54) is 67.3 Å². The van der Waals surface area contributed by atoms with Gasteiger partial charge in [-0.25, -0.2) is 4.79 Å². The number of hydrogen-bond donors (Lipinski definition) is 13. The molecular weight excluding hydrogens is 1940 g/mol. The van der Waals surface area contributed by atoms with Crippen molar-refractivity contribution in [1.29, 1.82) is 0 Å². The van der Waals surface area contributed by atoms with Crippen molar-refractivity contribution >= 4 is 148 Å². The lowest BCUT2D eigenvalue weighted by molar-refractivity contribution is -0.187. The van der Waals surface area contributed by atoms with Crippen LogP contribution >= 0.6 is 54.8 Å². The van der Waals surface area contributed by atoms with Crippen molar-refractivity contribution in [1.82, 2.24) is 47.1 Å². The van der Waals surface area contributed by atoms with E-state index in [-0.39, 0.29) is 91.3 Å². The highest BCUT2D eigenvalue weighted by Crippen LogP contribution is 2.50. The number of Topliss-reactive ketones (excluding diaryl/α,β-unsaturated/α-hetero) is 1. The molecule has 0 spiro atoms. The van der Waals surface area contributed by atoms with Gasteiger partial charge < -0.3 is 102 Å². The van der Waals surface area contributed by atoms with Gasteiger partial charge in [-0.2, -0.15) is 0 Å². The molecule has 5 aromatic carbocycles. The van der Waals surface area contributed by atoms with Gasteiger partial charge in [0.05, 0.1) is 49.9 Å². The number of halogens is 1. The number of phenols is 1. The second-order valence-electron chi connectivity index (χ2n) is 38.6. The number of likely N-dealkylation sites (N-methyl/N-ethyl adjacent to an activating group) is 1. The summed E-state index contributed by atoms with van der Waals surface area (Å²) in [5.41, 5.74) is 16.2. The summed E-state index contributed by atoms with van der Waals surface area (Å²) < 4.78 is 30.4. The number of esters is 2. The molecule has 144 heavy (non-hydrogen) atoms. The van der Waals surface area contributed by atoms with Crippen molar-refractivity contribution in [3.05, 3.63) is 190 Å². The number of nitrogens with one attached hydrogen (secondary N) is 8. The van der Waals surface area contributed by atoms with E-state index in [0.29, 0.717) is 72.5 Å². The summed E-state index contributed by atoms with van der Waals surface area (Å²) in [6.07, 6.45) is 13.6. The van der Waals surface area contributed by atoms with Gasteiger partial charge in [-0.3, -0.25) is 52.7 Å². The summed E-state index contributed by atoms with van der Waals surface area (Å²) >= 11 is 6.98. The maximum atomic E-state index is 15.9. The molecule has 1 aliphatic carbocycles. The highest BCUT2D eigenvalue weighted by Gasteiger charge is 2.65. The zero-order valence-electron chi connectivity index (χ0n) is 83.9. The van der Waals surface area contributed by atoms with Crippen molar-refractivity contribution in [2.75, 3.05) is 63.6 Å². The van der Waals surface area contributed by atoms with E-state index in [1.54, 1.807) is 81.2 Å².